The second-order valence-corrected chi connectivity index (χ2v) is 4.02. The molecule has 1 aromatic carbocycles. The summed E-state index contributed by atoms with van der Waals surface area (Å²) in [6.07, 6.45) is 1.22. The summed E-state index contributed by atoms with van der Waals surface area (Å²) in [6, 6.07) is 6.62. The van der Waals surface area contributed by atoms with Gasteiger partial charge in [-0.15, -0.1) is 0 Å². The minimum absolute atomic E-state index is 0.132. The minimum atomic E-state index is -1.22. The fourth-order valence-electron chi connectivity index (χ4n) is 1.43. The van der Waals surface area contributed by atoms with Gasteiger partial charge < -0.3 is 9.84 Å². The Balaban J connectivity index is 2.35. The Kier molecular flexibility index (Phi) is 3.81. The fourth-order valence-corrected chi connectivity index (χ4v) is 1.66. The molecule has 7 nitrogen and oxygen atoms in total. The summed E-state index contributed by atoms with van der Waals surface area (Å²) in [5.41, 5.74) is -0.324. The molecule has 0 bridgehead atoms. The van der Waals surface area contributed by atoms with E-state index in [-0.39, 0.29) is 27.9 Å². The lowest BCUT2D eigenvalue weighted by Gasteiger charge is -2.07. The van der Waals surface area contributed by atoms with Crippen molar-refractivity contribution in [1.82, 2.24) is 4.98 Å². The monoisotopic (exact) mass is 294 g/mol. The van der Waals surface area contributed by atoms with E-state index in [2.05, 4.69) is 4.98 Å². The molecular formula is C12H7ClN2O5. The molecule has 0 fully saturated rings. The number of halogens is 1. The molecule has 2 rings (SSSR count). The summed E-state index contributed by atoms with van der Waals surface area (Å²) in [5, 5.41) is 19.4. The lowest BCUT2D eigenvalue weighted by Crippen LogP contribution is -2.00. The zero-order chi connectivity index (χ0) is 14.7. The average Bonchev–Trinajstić information content (AvgIpc) is 2.41. The highest BCUT2D eigenvalue weighted by Crippen LogP contribution is 2.31. The van der Waals surface area contributed by atoms with Gasteiger partial charge >= 0.3 is 5.97 Å². The smallest absolute Gasteiger partial charge is 0.337 e. The maximum atomic E-state index is 10.9. The molecule has 1 N–H and O–H groups in total. The highest BCUT2D eigenvalue weighted by atomic mass is 35.5. The van der Waals surface area contributed by atoms with Crippen LogP contribution in [0.5, 0.6) is 11.6 Å². The summed E-state index contributed by atoms with van der Waals surface area (Å²) in [7, 11) is 0. The van der Waals surface area contributed by atoms with E-state index in [1.54, 1.807) is 0 Å². The molecule has 1 aromatic heterocycles. The molecule has 8 heteroatoms. The number of hydrogen-bond donors (Lipinski definition) is 1. The zero-order valence-electron chi connectivity index (χ0n) is 9.82. The molecule has 0 radical (unpaired) electrons. The number of aromatic carboxylic acids is 1. The summed E-state index contributed by atoms with van der Waals surface area (Å²) >= 11 is 5.85. The van der Waals surface area contributed by atoms with Gasteiger partial charge in [0.2, 0.25) is 5.88 Å². The number of rotatable bonds is 4. The van der Waals surface area contributed by atoms with E-state index in [1.165, 1.54) is 36.5 Å². The fraction of sp³-hybridized carbons (Fsp3) is 0. The molecule has 0 saturated heterocycles. The van der Waals surface area contributed by atoms with Crippen LogP contribution in [0.1, 0.15) is 10.4 Å². The number of aromatic nitrogens is 1. The first-order chi connectivity index (χ1) is 9.49. The normalized spacial score (nSPS) is 10.1. The predicted octanol–water partition coefficient (Wildman–Crippen LogP) is 3.13. The second-order valence-electron chi connectivity index (χ2n) is 3.64. The van der Waals surface area contributed by atoms with E-state index in [0.29, 0.717) is 0 Å². The van der Waals surface area contributed by atoms with E-state index in [9.17, 15) is 14.9 Å². The topological polar surface area (TPSA) is 103 Å². The average molecular weight is 295 g/mol. The van der Waals surface area contributed by atoms with Gasteiger partial charge in [-0.05, 0) is 12.1 Å². The molecule has 0 spiro atoms. The van der Waals surface area contributed by atoms with Crippen LogP contribution in [0.2, 0.25) is 5.02 Å². The van der Waals surface area contributed by atoms with Gasteiger partial charge in [0, 0.05) is 12.3 Å². The van der Waals surface area contributed by atoms with Crippen molar-refractivity contribution in [2.75, 3.05) is 0 Å². The van der Waals surface area contributed by atoms with Gasteiger partial charge in [0.15, 0.2) is 0 Å². The number of nitrogens with zero attached hydrogens (tertiary/aromatic N) is 2. The van der Waals surface area contributed by atoms with Gasteiger partial charge in [0.05, 0.1) is 16.6 Å². The summed E-state index contributed by atoms with van der Waals surface area (Å²) in [6.45, 7) is 0. The highest BCUT2D eigenvalue weighted by Gasteiger charge is 2.15. The Morgan fingerprint density at radius 1 is 1.40 bits per heavy atom. The van der Waals surface area contributed by atoms with Crippen molar-refractivity contribution < 1.29 is 19.6 Å². The van der Waals surface area contributed by atoms with Crippen molar-refractivity contribution in [2.45, 2.75) is 0 Å². The van der Waals surface area contributed by atoms with Crippen LogP contribution in [0.3, 0.4) is 0 Å². The van der Waals surface area contributed by atoms with Crippen LogP contribution in [-0.4, -0.2) is 21.0 Å². The van der Waals surface area contributed by atoms with Gasteiger partial charge in [-0.1, -0.05) is 17.7 Å². The van der Waals surface area contributed by atoms with Crippen molar-refractivity contribution in [3.8, 4) is 11.6 Å². The van der Waals surface area contributed by atoms with Crippen LogP contribution in [0.25, 0.3) is 0 Å². The molecule has 0 aliphatic carbocycles. The molecule has 0 unspecified atom stereocenters. The first-order valence-electron chi connectivity index (χ1n) is 5.29. The van der Waals surface area contributed by atoms with Crippen LogP contribution >= 0.6 is 11.6 Å². The summed E-state index contributed by atoms with van der Waals surface area (Å²) < 4.78 is 5.28. The number of benzene rings is 1. The third-order valence-corrected chi connectivity index (χ3v) is 2.70. The number of pyridine rings is 1. The number of nitro groups is 1. The van der Waals surface area contributed by atoms with Crippen molar-refractivity contribution >= 4 is 23.3 Å². The number of carbonyl (C=O) groups is 1. The molecule has 102 valence electrons. The van der Waals surface area contributed by atoms with Crippen LogP contribution in [0.4, 0.5) is 5.69 Å². The Hall–Kier alpha value is -2.67. The third kappa shape index (κ3) is 2.83. The molecule has 0 amide bonds. The van der Waals surface area contributed by atoms with Crippen molar-refractivity contribution in [2.24, 2.45) is 0 Å². The molecular weight excluding hydrogens is 288 g/mol. The maximum Gasteiger partial charge on any atom is 0.337 e. The van der Waals surface area contributed by atoms with Crippen LogP contribution < -0.4 is 4.74 Å². The lowest BCUT2D eigenvalue weighted by molar-refractivity contribution is -0.384. The van der Waals surface area contributed by atoms with Gasteiger partial charge in [-0.25, -0.2) is 9.78 Å². The molecule has 0 aliphatic heterocycles. The van der Waals surface area contributed by atoms with Gasteiger partial charge in [-0.3, -0.25) is 10.1 Å². The number of non-ortho nitro benzene ring substituents is 1. The minimum Gasteiger partial charge on any atom is -0.478 e. The SMILES string of the molecule is O=C(O)c1ccnc(Oc2cccc([N+](=O)[O-])c2)c1Cl. The Bertz CT molecular complexity index is 689. The molecule has 20 heavy (non-hydrogen) atoms. The van der Waals surface area contributed by atoms with E-state index in [1.807, 2.05) is 0 Å². The van der Waals surface area contributed by atoms with Crippen LogP contribution in [-0.2, 0) is 0 Å². The first kappa shape index (κ1) is 13.8. The first-order valence-corrected chi connectivity index (χ1v) is 5.67. The van der Waals surface area contributed by atoms with Gasteiger partial charge in [0.1, 0.15) is 10.8 Å². The van der Waals surface area contributed by atoms with E-state index in [4.69, 9.17) is 21.4 Å². The zero-order valence-corrected chi connectivity index (χ0v) is 10.6. The Morgan fingerprint density at radius 3 is 2.80 bits per heavy atom. The quantitative estimate of drug-likeness (QED) is 0.686. The van der Waals surface area contributed by atoms with E-state index >= 15 is 0 Å². The van der Waals surface area contributed by atoms with Gasteiger partial charge in [0.25, 0.3) is 5.69 Å². The van der Waals surface area contributed by atoms with E-state index < -0.39 is 10.9 Å². The maximum absolute atomic E-state index is 10.9. The lowest BCUT2D eigenvalue weighted by atomic mass is 10.2. The molecule has 0 aliphatic rings. The number of carboxylic acid groups (broad SMARTS) is 1. The molecule has 1 heterocycles. The summed E-state index contributed by atoms with van der Waals surface area (Å²) in [5.74, 6) is -1.22. The van der Waals surface area contributed by atoms with Gasteiger partial charge in [-0.2, -0.15) is 0 Å². The molecule has 2 aromatic rings. The number of carboxylic acids is 1. The Labute approximate surface area is 117 Å². The third-order valence-electron chi connectivity index (χ3n) is 2.33. The number of nitro benzene ring substituents is 1. The largest absolute Gasteiger partial charge is 0.478 e. The predicted molar refractivity (Wildman–Crippen MR) is 69.4 cm³/mol. The standard InChI is InChI=1S/C12H7ClN2O5/c13-10-9(12(16)17)4-5-14-11(10)20-8-3-1-2-7(6-8)15(18)19/h1-6H,(H,16,17). The second kappa shape index (κ2) is 5.54. The molecule has 0 atom stereocenters. The Morgan fingerprint density at radius 2 is 2.15 bits per heavy atom. The van der Waals surface area contributed by atoms with Crippen molar-refractivity contribution in [1.29, 1.82) is 0 Å². The van der Waals surface area contributed by atoms with Crippen LogP contribution in [0, 0.1) is 10.1 Å². The summed E-state index contributed by atoms with van der Waals surface area (Å²) in [4.78, 5) is 24.8. The van der Waals surface area contributed by atoms with Crippen molar-refractivity contribution in [3.63, 3.8) is 0 Å². The van der Waals surface area contributed by atoms with E-state index in [0.717, 1.165) is 0 Å². The highest BCUT2D eigenvalue weighted by molar-refractivity contribution is 6.34. The molecule has 0 saturated carbocycles. The van der Waals surface area contributed by atoms with Crippen molar-refractivity contribution in [3.05, 3.63) is 57.2 Å². The number of hydrogen-bond acceptors (Lipinski definition) is 5. The number of ether oxygens (including phenoxy) is 1. The van der Waals surface area contributed by atoms with Crippen LogP contribution in [0.15, 0.2) is 36.5 Å².